The van der Waals surface area contributed by atoms with Crippen molar-refractivity contribution >= 4 is 0 Å². The van der Waals surface area contributed by atoms with Crippen molar-refractivity contribution < 1.29 is 115 Å². The maximum absolute atomic E-state index is 0. The average molecular weight is 354 g/mol. The first kappa shape index (κ1) is 43.0. The molecule has 0 atom stereocenters. The summed E-state index contributed by atoms with van der Waals surface area (Å²) in [6, 6.07) is 0. The van der Waals surface area contributed by atoms with Crippen LogP contribution in [0.3, 0.4) is 0 Å². The Labute approximate surface area is 112 Å². The zero-order chi connectivity index (χ0) is 0. The molecular weight excluding hydrogens is 352 g/mol. The van der Waals surface area contributed by atoms with E-state index in [-0.39, 0.29) is 115 Å². The van der Waals surface area contributed by atoms with Gasteiger partial charge in [0.15, 0.2) is 0 Å². The summed E-state index contributed by atoms with van der Waals surface area (Å²) in [6.45, 7) is 0. The predicted octanol–water partition coefficient (Wildman–Crippen LogP) is -0.472. The number of hydrogen-bond acceptors (Lipinski definition) is 2. The van der Waals surface area contributed by atoms with E-state index in [1.165, 1.54) is 0 Å². The summed E-state index contributed by atoms with van der Waals surface area (Å²) < 4.78 is 0. The second-order valence-electron chi connectivity index (χ2n) is 0. The number of rotatable bonds is 0. The third kappa shape index (κ3) is 19.3. The second-order valence-corrected chi connectivity index (χ2v) is 0. The fourth-order valence-corrected chi connectivity index (χ4v) is 0. The van der Waals surface area contributed by atoms with E-state index in [0.717, 1.165) is 0 Å². The Morgan fingerprint density at radius 1 is 0.600 bits per heavy atom. The van der Waals surface area contributed by atoms with Gasteiger partial charge in [-0.3, -0.25) is 0 Å². The van der Waals surface area contributed by atoms with Crippen LogP contribution in [0.4, 0.5) is 0 Å². The standard InChI is InChI=1S/2Eu.2H2O.O/h;;2*1H2;/q2*+2;;;-2/p-2. The maximum Gasteiger partial charge on any atom is 2.00 e. The normalized spacial score (nSPS) is 0. The molecule has 0 saturated heterocycles. The molecule has 0 aliphatic rings. The van der Waals surface area contributed by atoms with E-state index in [1.807, 2.05) is 0 Å². The molecule has 0 rings (SSSR count). The van der Waals surface area contributed by atoms with Gasteiger partial charge in [0.1, 0.15) is 0 Å². The predicted molar refractivity (Wildman–Crippen MR) is 4.56 cm³/mol. The fraction of sp³-hybridized carbons (Fsp3) is 0. The Balaban J connectivity index is 0. The molecule has 0 aliphatic heterocycles. The van der Waals surface area contributed by atoms with Crippen LogP contribution >= 0.6 is 0 Å². The second kappa shape index (κ2) is 27.7. The molecular formula is H2Eu2O3. The summed E-state index contributed by atoms with van der Waals surface area (Å²) in [7, 11) is 0. The Bertz CT molecular complexity index is 4.85. The Morgan fingerprint density at radius 2 is 0.600 bits per heavy atom. The first-order valence-electron chi connectivity index (χ1n) is 0. The molecule has 0 saturated carbocycles. The molecule has 5 heavy (non-hydrogen) atoms. The largest absolute Gasteiger partial charge is 2.00 e. The molecule has 34 valence electrons. The minimum absolute atomic E-state index is 0. The van der Waals surface area contributed by atoms with Crippen molar-refractivity contribution in [1.82, 2.24) is 0 Å². The van der Waals surface area contributed by atoms with Gasteiger partial charge in [-0.25, -0.2) is 0 Å². The molecule has 0 spiro atoms. The van der Waals surface area contributed by atoms with Gasteiger partial charge in [-0.05, 0) is 0 Å². The Morgan fingerprint density at radius 3 is 0.600 bits per heavy atom. The summed E-state index contributed by atoms with van der Waals surface area (Å²) in [5.74, 6) is 0. The fourth-order valence-electron chi connectivity index (χ4n) is 0. The smallest absolute Gasteiger partial charge is 2.00 e. The van der Waals surface area contributed by atoms with E-state index in [0.29, 0.717) is 0 Å². The third-order valence-electron chi connectivity index (χ3n) is 0. The van der Waals surface area contributed by atoms with Gasteiger partial charge in [-0.1, -0.05) is 0 Å². The number of hydrogen-bond donors (Lipinski definition) is 0. The monoisotopic (exact) mass is 356 g/mol. The molecule has 5 heteroatoms. The van der Waals surface area contributed by atoms with Crippen LogP contribution in [-0.2, 0) is 5.48 Å². The van der Waals surface area contributed by atoms with Gasteiger partial charge in [-0.15, -0.1) is 0 Å². The third-order valence-corrected chi connectivity index (χ3v) is 0. The molecule has 0 aromatic carbocycles. The van der Waals surface area contributed by atoms with Gasteiger partial charge in [0, 0.05) is 0 Å². The molecule has 3 nitrogen and oxygen atoms in total. The molecule has 2 N–H and O–H groups in total. The van der Waals surface area contributed by atoms with Gasteiger partial charge in [-0.2, -0.15) is 0 Å². The van der Waals surface area contributed by atoms with Gasteiger partial charge in [0.05, 0.1) is 0 Å². The first-order valence-corrected chi connectivity index (χ1v) is 0. The van der Waals surface area contributed by atoms with Crippen LogP contribution < -0.4 is 0 Å². The van der Waals surface area contributed by atoms with Crippen LogP contribution in [0.2, 0.25) is 0 Å². The van der Waals surface area contributed by atoms with E-state index in [2.05, 4.69) is 0 Å². The van der Waals surface area contributed by atoms with Crippen LogP contribution in [-0.4, -0.2) is 11.0 Å². The van der Waals surface area contributed by atoms with Crippen LogP contribution in [0.1, 0.15) is 0 Å². The van der Waals surface area contributed by atoms with Crippen molar-refractivity contribution in [2.45, 2.75) is 0 Å². The van der Waals surface area contributed by atoms with Crippen LogP contribution in [0.15, 0.2) is 0 Å². The molecule has 0 unspecified atom stereocenters. The van der Waals surface area contributed by atoms with Gasteiger partial charge in [0.2, 0.25) is 0 Å². The summed E-state index contributed by atoms with van der Waals surface area (Å²) in [5.41, 5.74) is 0. The molecule has 0 fully saturated rings. The Hall–Kier alpha value is 3.05. The van der Waals surface area contributed by atoms with Crippen molar-refractivity contribution in [3.63, 3.8) is 0 Å². The Kier molecular flexibility index (Phi) is 239. The van der Waals surface area contributed by atoms with E-state index in [4.69, 9.17) is 0 Å². The van der Waals surface area contributed by atoms with E-state index in [9.17, 15) is 0 Å². The van der Waals surface area contributed by atoms with Gasteiger partial charge in [0.25, 0.3) is 0 Å². The van der Waals surface area contributed by atoms with E-state index >= 15 is 0 Å². The molecule has 0 aromatic rings. The zero-order valence-electron chi connectivity index (χ0n) is 2.06. The van der Waals surface area contributed by atoms with Crippen molar-refractivity contribution in [2.75, 3.05) is 0 Å². The zero-order valence-corrected chi connectivity index (χ0v) is 6.91. The van der Waals surface area contributed by atoms with Crippen molar-refractivity contribution in [3.05, 3.63) is 0 Å². The van der Waals surface area contributed by atoms with Crippen molar-refractivity contribution in [3.8, 4) is 0 Å². The van der Waals surface area contributed by atoms with Crippen LogP contribution in [0.25, 0.3) is 0 Å². The minimum Gasteiger partial charge on any atom is -2.00 e. The summed E-state index contributed by atoms with van der Waals surface area (Å²) >= 11 is 0. The molecule has 0 amide bonds. The molecule has 0 aromatic heterocycles. The van der Waals surface area contributed by atoms with E-state index in [1.54, 1.807) is 0 Å². The maximum atomic E-state index is 0. The molecule has 2 radical (unpaired) electrons. The summed E-state index contributed by atoms with van der Waals surface area (Å²) in [5, 5.41) is 0. The summed E-state index contributed by atoms with van der Waals surface area (Å²) in [4.78, 5) is 0. The van der Waals surface area contributed by atoms with Gasteiger partial charge >= 0.3 is 98.8 Å². The molecule has 0 bridgehead atoms. The minimum atomic E-state index is 0. The SMILES string of the molecule is [Eu+2].[Eu+2].[O-2].[OH-].[OH-]. The average Bonchev–Trinajstić information content (AvgIpc) is 0. The topological polar surface area (TPSA) is 88.5 Å². The van der Waals surface area contributed by atoms with E-state index < -0.39 is 0 Å². The van der Waals surface area contributed by atoms with Crippen molar-refractivity contribution in [2.24, 2.45) is 0 Å². The first-order chi connectivity index (χ1) is 0. The van der Waals surface area contributed by atoms with Crippen LogP contribution in [0, 0.1) is 98.8 Å². The van der Waals surface area contributed by atoms with Gasteiger partial charge < -0.3 is 16.4 Å². The molecule has 0 aliphatic carbocycles. The van der Waals surface area contributed by atoms with Crippen LogP contribution in [0.5, 0.6) is 0 Å². The summed E-state index contributed by atoms with van der Waals surface area (Å²) in [6.07, 6.45) is 0. The molecule has 0 heterocycles. The van der Waals surface area contributed by atoms with Crippen molar-refractivity contribution in [1.29, 1.82) is 0 Å². The quantitative estimate of drug-likeness (QED) is 0.589.